The molecule has 0 spiro atoms. The van der Waals surface area contributed by atoms with Gasteiger partial charge in [0.25, 0.3) is 0 Å². The lowest BCUT2D eigenvalue weighted by atomic mass is 10.1. The molecule has 1 atom stereocenters. The van der Waals surface area contributed by atoms with E-state index in [0.29, 0.717) is 0 Å². The largest absolute Gasteiger partial charge is 0.496 e. The van der Waals surface area contributed by atoms with Crippen LogP contribution in [0.1, 0.15) is 17.4 Å². The van der Waals surface area contributed by atoms with Crippen molar-refractivity contribution in [3.05, 3.63) is 23.3 Å². The molecule has 1 unspecified atom stereocenters. The smallest absolute Gasteiger partial charge is 0.137 e. The van der Waals surface area contributed by atoms with E-state index in [1.54, 1.807) is 21.3 Å². The zero-order chi connectivity index (χ0) is 12.1. The average molecular weight is 225 g/mol. The maximum atomic E-state index is 5.40. The van der Waals surface area contributed by atoms with Crippen molar-refractivity contribution >= 4 is 0 Å². The SMILES string of the molecule is CNC(OC)c1ccc(OC)c(C)c1OC. The zero-order valence-corrected chi connectivity index (χ0v) is 10.5. The first-order chi connectivity index (χ1) is 7.69. The van der Waals surface area contributed by atoms with Crippen LogP contribution in [-0.2, 0) is 4.74 Å². The molecule has 1 aromatic carbocycles. The topological polar surface area (TPSA) is 39.7 Å². The van der Waals surface area contributed by atoms with Crippen LogP contribution in [0.25, 0.3) is 0 Å². The molecule has 0 saturated heterocycles. The molecule has 0 aromatic heterocycles. The summed E-state index contributed by atoms with van der Waals surface area (Å²) < 4.78 is 16.0. The minimum Gasteiger partial charge on any atom is -0.496 e. The van der Waals surface area contributed by atoms with Crippen molar-refractivity contribution in [1.29, 1.82) is 0 Å². The number of hydrogen-bond acceptors (Lipinski definition) is 4. The first kappa shape index (κ1) is 12.8. The number of nitrogens with one attached hydrogen (secondary N) is 1. The van der Waals surface area contributed by atoms with Crippen LogP contribution in [0.2, 0.25) is 0 Å². The minimum absolute atomic E-state index is 0.181. The molecule has 4 heteroatoms. The molecule has 0 heterocycles. The molecule has 1 aromatic rings. The first-order valence-electron chi connectivity index (χ1n) is 5.11. The predicted octanol–water partition coefficient (Wildman–Crippen LogP) is 1.88. The van der Waals surface area contributed by atoms with Crippen LogP contribution in [0.3, 0.4) is 0 Å². The Morgan fingerprint density at radius 3 is 2.25 bits per heavy atom. The molecule has 4 nitrogen and oxygen atoms in total. The number of ether oxygens (including phenoxy) is 3. The van der Waals surface area contributed by atoms with Gasteiger partial charge in [-0.1, -0.05) is 0 Å². The summed E-state index contributed by atoms with van der Waals surface area (Å²) in [6.45, 7) is 1.96. The third-order valence-electron chi connectivity index (χ3n) is 2.59. The molecular weight excluding hydrogens is 206 g/mol. The van der Waals surface area contributed by atoms with E-state index < -0.39 is 0 Å². The molecule has 0 fully saturated rings. The Morgan fingerprint density at radius 1 is 1.12 bits per heavy atom. The van der Waals surface area contributed by atoms with Gasteiger partial charge in [-0.3, -0.25) is 5.32 Å². The van der Waals surface area contributed by atoms with Crippen LogP contribution in [0.5, 0.6) is 11.5 Å². The molecule has 1 rings (SSSR count). The molecule has 0 amide bonds. The zero-order valence-electron chi connectivity index (χ0n) is 10.5. The van der Waals surface area contributed by atoms with Crippen LogP contribution in [0.4, 0.5) is 0 Å². The van der Waals surface area contributed by atoms with E-state index >= 15 is 0 Å². The average Bonchev–Trinajstić information content (AvgIpc) is 2.31. The van der Waals surface area contributed by atoms with Crippen LogP contribution in [-0.4, -0.2) is 28.4 Å². The molecule has 0 aliphatic heterocycles. The van der Waals surface area contributed by atoms with E-state index in [1.807, 2.05) is 26.1 Å². The van der Waals surface area contributed by atoms with Crippen molar-refractivity contribution in [1.82, 2.24) is 5.32 Å². The fourth-order valence-electron chi connectivity index (χ4n) is 1.79. The van der Waals surface area contributed by atoms with E-state index in [2.05, 4.69) is 5.32 Å². The third kappa shape index (κ3) is 2.28. The van der Waals surface area contributed by atoms with Gasteiger partial charge in [-0.25, -0.2) is 0 Å². The quantitative estimate of drug-likeness (QED) is 0.777. The van der Waals surface area contributed by atoms with E-state index in [0.717, 1.165) is 22.6 Å². The highest BCUT2D eigenvalue weighted by molar-refractivity contribution is 5.50. The fraction of sp³-hybridized carbons (Fsp3) is 0.500. The summed E-state index contributed by atoms with van der Waals surface area (Å²) in [5.41, 5.74) is 1.94. The van der Waals surface area contributed by atoms with Crippen LogP contribution < -0.4 is 14.8 Å². The van der Waals surface area contributed by atoms with Crippen molar-refractivity contribution in [2.24, 2.45) is 0 Å². The molecule has 0 aliphatic rings. The summed E-state index contributed by atoms with van der Waals surface area (Å²) in [5.74, 6) is 1.60. The lowest BCUT2D eigenvalue weighted by Gasteiger charge is -2.20. The molecule has 90 valence electrons. The Balaban J connectivity index is 3.24. The predicted molar refractivity (Wildman–Crippen MR) is 63.1 cm³/mol. The van der Waals surface area contributed by atoms with Gasteiger partial charge in [-0.05, 0) is 26.1 Å². The highest BCUT2D eigenvalue weighted by atomic mass is 16.5. The van der Waals surface area contributed by atoms with Crippen molar-refractivity contribution < 1.29 is 14.2 Å². The van der Waals surface area contributed by atoms with Crippen LogP contribution >= 0.6 is 0 Å². The highest BCUT2D eigenvalue weighted by Gasteiger charge is 2.17. The van der Waals surface area contributed by atoms with Crippen LogP contribution in [0.15, 0.2) is 12.1 Å². The molecule has 0 bridgehead atoms. The highest BCUT2D eigenvalue weighted by Crippen LogP contribution is 2.34. The van der Waals surface area contributed by atoms with E-state index in [9.17, 15) is 0 Å². The second kappa shape index (κ2) is 5.72. The van der Waals surface area contributed by atoms with Crippen LogP contribution in [0, 0.1) is 6.92 Å². The Labute approximate surface area is 96.5 Å². The maximum Gasteiger partial charge on any atom is 0.137 e. The van der Waals surface area contributed by atoms with E-state index in [-0.39, 0.29) is 6.23 Å². The molecule has 0 aliphatic carbocycles. The van der Waals surface area contributed by atoms with Gasteiger partial charge in [0.1, 0.15) is 17.7 Å². The molecule has 0 radical (unpaired) electrons. The number of methoxy groups -OCH3 is 3. The Hall–Kier alpha value is -1.26. The summed E-state index contributed by atoms with van der Waals surface area (Å²) in [6, 6.07) is 3.85. The molecule has 16 heavy (non-hydrogen) atoms. The van der Waals surface area contributed by atoms with Gasteiger partial charge >= 0.3 is 0 Å². The lowest BCUT2D eigenvalue weighted by Crippen LogP contribution is -2.19. The summed E-state index contributed by atoms with van der Waals surface area (Å²) in [5, 5.41) is 3.06. The summed E-state index contributed by atoms with van der Waals surface area (Å²) in [6.07, 6.45) is -0.181. The summed E-state index contributed by atoms with van der Waals surface area (Å²) >= 11 is 0. The second-order valence-corrected chi connectivity index (χ2v) is 3.42. The normalized spacial score (nSPS) is 12.3. The number of rotatable bonds is 5. The van der Waals surface area contributed by atoms with Crippen molar-refractivity contribution in [2.45, 2.75) is 13.2 Å². The number of hydrogen-bond donors (Lipinski definition) is 1. The van der Waals surface area contributed by atoms with E-state index in [4.69, 9.17) is 14.2 Å². The number of benzene rings is 1. The van der Waals surface area contributed by atoms with Crippen molar-refractivity contribution in [2.75, 3.05) is 28.4 Å². The van der Waals surface area contributed by atoms with Gasteiger partial charge in [-0.2, -0.15) is 0 Å². The molecule has 1 N–H and O–H groups in total. The van der Waals surface area contributed by atoms with Crippen molar-refractivity contribution in [3.63, 3.8) is 0 Å². The fourth-order valence-corrected chi connectivity index (χ4v) is 1.79. The van der Waals surface area contributed by atoms with Gasteiger partial charge in [0.15, 0.2) is 0 Å². The monoisotopic (exact) mass is 225 g/mol. The van der Waals surface area contributed by atoms with Gasteiger partial charge in [0, 0.05) is 18.2 Å². The Bertz CT molecular complexity index is 348. The summed E-state index contributed by atoms with van der Waals surface area (Å²) in [7, 11) is 6.79. The Kier molecular flexibility index (Phi) is 4.58. The van der Waals surface area contributed by atoms with E-state index in [1.165, 1.54) is 0 Å². The second-order valence-electron chi connectivity index (χ2n) is 3.42. The Morgan fingerprint density at radius 2 is 1.81 bits per heavy atom. The van der Waals surface area contributed by atoms with Gasteiger partial charge in [0.2, 0.25) is 0 Å². The lowest BCUT2D eigenvalue weighted by molar-refractivity contribution is 0.0785. The molecule has 0 saturated carbocycles. The standard InChI is InChI=1S/C12H19NO3/c1-8-10(14-3)7-6-9(11(8)15-4)12(13-2)16-5/h6-7,12-13H,1-5H3. The summed E-state index contributed by atoms with van der Waals surface area (Å²) in [4.78, 5) is 0. The third-order valence-corrected chi connectivity index (χ3v) is 2.59. The maximum absolute atomic E-state index is 5.40. The minimum atomic E-state index is -0.181. The van der Waals surface area contributed by atoms with Crippen molar-refractivity contribution in [3.8, 4) is 11.5 Å². The van der Waals surface area contributed by atoms with Gasteiger partial charge in [0.05, 0.1) is 14.2 Å². The van der Waals surface area contributed by atoms with Gasteiger partial charge in [-0.15, -0.1) is 0 Å². The van der Waals surface area contributed by atoms with Gasteiger partial charge < -0.3 is 14.2 Å². The first-order valence-corrected chi connectivity index (χ1v) is 5.11. The molecular formula is C12H19NO3.